The second-order valence-corrected chi connectivity index (χ2v) is 4.48. The zero-order chi connectivity index (χ0) is 14.8. The molecule has 0 saturated carbocycles. The molecule has 1 aliphatic heterocycles. The Kier molecular flexibility index (Phi) is 7.91. The van der Waals surface area contributed by atoms with Crippen LogP contribution in [0.15, 0.2) is 11.0 Å². The summed E-state index contributed by atoms with van der Waals surface area (Å²) in [5.74, 6) is 0.775. The van der Waals surface area contributed by atoms with E-state index in [1.54, 1.807) is 6.20 Å². The number of nitrogens with zero attached hydrogens (tertiary/aromatic N) is 2. The zero-order valence-corrected chi connectivity index (χ0v) is 12.7. The Morgan fingerprint density at radius 2 is 2.10 bits per heavy atom. The number of morpholine rings is 1. The standard InChI is InChI=1S/C12H20N4O2.C2H6/c1-10-9-14-12(17)15-11(10)13-3-2-4-16-5-7-18-8-6-16;1-2/h9H,2-8H2,1H3,(H2,13,14,15,17);1-2H3. The fourth-order valence-electron chi connectivity index (χ4n) is 1.98. The molecule has 2 rings (SSSR count). The van der Waals surface area contributed by atoms with E-state index in [-0.39, 0.29) is 5.69 Å². The van der Waals surface area contributed by atoms with Crippen LogP contribution in [0.4, 0.5) is 5.82 Å². The summed E-state index contributed by atoms with van der Waals surface area (Å²) < 4.78 is 5.30. The van der Waals surface area contributed by atoms with Crippen LogP contribution in [-0.4, -0.2) is 54.3 Å². The van der Waals surface area contributed by atoms with Crippen molar-refractivity contribution in [1.29, 1.82) is 0 Å². The number of hydrogen-bond donors (Lipinski definition) is 2. The molecule has 6 heteroatoms. The minimum Gasteiger partial charge on any atom is -0.379 e. The number of anilines is 1. The molecule has 6 nitrogen and oxygen atoms in total. The highest BCUT2D eigenvalue weighted by Crippen LogP contribution is 2.06. The molecule has 114 valence electrons. The monoisotopic (exact) mass is 282 g/mol. The van der Waals surface area contributed by atoms with Crippen molar-refractivity contribution in [3.63, 3.8) is 0 Å². The summed E-state index contributed by atoms with van der Waals surface area (Å²) >= 11 is 0. The second kappa shape index (κ2) is 9.50. The molecule has 1 aromatic heterocycles. The van der Waals surface area contributed by atoms with Crippen LogP contribution in [0.25, 0.3) is 0 Å². The smallest absolute Gasteiger partial charge is 0.346 e. The van der Waals surface area contributed by atoms with Gasteiger partial charge in [0.25, 0.3) is 0 Å². The van der Waals surface area contributed by atoms with Crippen molar-refractivity contribution in [2.45, 2.75) is 27.2 Å². The SMILES string of the molecule is CC.Cc1cnc(=O)[nH]c1NCCCN1CCOCC1. The number of hydrogen-bond acceptors (Lipinski definition) is 5. The van der Waals surface area contributed by atoms with Crippen molar-refractivity contribution in [3.8, 4) is 0 Å². The van der Waals surface area contributed by atoms with Crippen LogP contribution in [0, 0.1) is 6.92 Å². The molecule has 2 N–H and O–H groups in total. The molecule has 1 aromatic rings. The summed E-state index contributed by atoms with van der Waals surface area (Å²) in [6.07, 6.45) is 2.63. The van der Waals surface area contributed by atoms with Crippen molar-refractivity contribution in [2.75, 3.05) is 44.7 Å². The third kappa shape index (κ3) is 5.71. The van der Waals surface area contributed by atoms with Crippen LogP contribution >= 0.6 is 0 Å². The van der Waals surface area contributed by atoms with Gasteiger partial charge in [0, 0.05) is 31.4 Å². The molecule has 1 aliphatic rings. The average Bonchev–Trinajstić information content (AvgIpc) is 2.50. The molecule has 1 fully saturated rings. The molecule has 0 unspecified atom stereocenters. The zero-order valence-electron chi connectivity index (χ0n) is 12.7. The third-order valence-corrected chi connectivity index (χ3v) is 3.06. The van der Waals surface area contributed by atoms with E-state index in [4.69, 9.17) is 4.74 Å². The Morgan fingerprint density at radius 3 is 2.80 bits per heavy atom. The van der Waals surface area contributed by atoms with E-state index in [0.29, 0.717) is 0 Å². The van der Waals surface area contributed by atoms with Crippen molar-refractivity contribution in [2.24, 2.45) is 0 Å². The Labute approximate surface area is 120 Å². The third-order valence-electron chi connectivity index (χ3n) is 3.06. The number of aromatic nitrogens is 2. The predicted octanol–water partition coefficient (Wildman–Crippen LogP) is 1.24. The van der Waals surface area contributed by atoms with Gasteiger partial charge in [-0.2, -0.15) is 0 Å². The summed E-state index contributed by atoms with van der Waals surface area (Å²) in [5.41, 5.74) is 0.650. The van der Waals surface area contributed by atoms with Crippen LogP contribution < -0.4 is 11.0 Å². The van der Waals surface area contributed by atoms with Crippen LogP contribution in [0.3, 0.4) is 0 Å². The van der Waals surface area contributed by atoms with Gasteiger partial charge in [-0.05, 0) is 19.9 Å². The summed E-state index contributed by atoms with van der Waals surface area (Å²) in [6, 6.07) is 0. The van der Waals surface area contributed by atoms with Gasteiger partial charge < -0.3 is 10.1 Å². The van der Waals surface area contributed by atoms with Crippen molar-refractivity contribution >= 4 is 5.82 Å². The lowest BCUT2D eigenvalue weighted by atomic mass is 10.3. The van der Waals surface area contributed by atoms with Gasteiger partial charge in [0.1, 0.15) is 5.82 Å². The first kappa shape index (κ1) is 16.7. The van der Waals surface area contributed by atoms with Gasteiger partial charge in [-0.1, -0.05) is 13.8 Å². The lowest BCUT2D eigenvalue weighted by Crippen LogP contribution is -2.37. The van der Waals surface area contributed by atoms with Gasteiger partial charge in [-0.3, -0.25) is 9.88 Å². The van der Waals surface area contributed by atoms with Crippen molar-refractivity contribution < 1.29 is 4.74 Å². The molecule has 20 heavy (non-hydrogen) atoms. The van der Waals surface area contributed by atoms with Gasteiger partial charge in [-0.25, -0.2) is 9.78 Å². The highest BCUT2D eigenvalue weighted by atomic mass is 16.5. The fraction of sp³-hybridized carbons (Fsp3) is 0.714. The van der Waals surface area contributed by atoms with Crippen LogP contribution in [0.2, 0.25) is 0 Å². The lowest BCUT2D eigenvalue weighted by Gasteiger charge is -2.26. The maximum atomic E-state index is 11.1. The quantitative estimate of drug-likeness (QED) is 0.795. The number of rotatable bonds is 5. The molecule has 0 spiro atoms. The number of aryl methyl sites for hydroxylation is 1. The number of H-pyrrole nitrogens is 1. The first-order valence-corrected chi connectivity index (χ1v) is 7.35. The van der Waals surface area contributed by atoms with Gasteiger partial charge in [-0.15, -0.1) is 0 Å². The summed E-state index contributed by atoms with van der Waals surface area (Å²) in [6.45, 7) is 11.5. The van der Waals surface area contributed by atoms with Crippen LogP contribution in [-0.2, 0) is 4.74 Å². The first-order chi connectivity index (χ1) is 9.75. The normalized spacial score (nSPS) is 15.3. The van der Waals surface area contributed by atoms with Gasteiger partial charge in [0.2, 0.25) is 0 Å². The summed E-state index contributed by atoms with van der Waals surface area (Å²) in [5, 5.41) is 3.24. The first-order valence-electron chi connectivity index (χ1n) is 7.35. The predicted molar refractivity (Wildman–Crippen MR) is 81.3 cm³/mol. The molecule has 0 aromatic carbocycles. The van der Waals surface area contributed by atoms with E-state index in [1.165, 1.54) is 0 Å². The molecule has 0 aliphatic carbocycles. The molecule has 0 atom stereocenters. The molecule has 2 heterocycles. The van der Waals surface area contributed by atoms with Crippen LogP contribution in [0.5, 0.6) is 0 Å². The van der Waals surface area contributed by atoms with E-state index in [2.05, 4.69) is 20.2 Å². The Bertz CT molecular complexity index is 427. The van der Waals surface area contributed by atoms with Gasteiger partial charge in [0.05, 0.1) is 13.2 Å². The van der Waals surface area contributed by atoms with E-state index in [0.717, 1.165) is 57.2 Å². The van der Waals surface area contributed by atoms with E-state index in [9.17, 15) is 4.79 Å². The van der Waals surface area contributed by atoms with Gasteiger partial charge >= 0.3 is 5.69 Å². The van der Waals surface area contributed by atoms with E-state index >= 15 is 0 Å². The average molecular weight is 282 g/mol. The van der Waals surface area contributed by atoms with Crippen LogP contribution in [0.1, 0.15) is 25.8 Å². The summed E-state index contributed by atoms with van der Waals surface area (Å²) in [4.78, 5) is 19.9. The largest absolute Gasteiger partial charge is 0.379 e. The highest BCUT2D eigenvalue weighted by Gasteiger charge is 2.09. The molecular weight excluding hydrogens is 256 g/mol. The second-order valence-electron chi connectivity index (χ2n) is 4.48. The molecule has 0 bridgehead atoms. The molecule has 1 saturated heterocycles. The molecule has 0 radical (unpaired) electrons. The topological polar surface area (TPSA) is 70.2 Å². The Balaban J connectivity index is 0.000000956. The van der Waals surface area contributed by atoms with Crippen molar-refractivity contribution in [3.05, 3.63) is 22.2 Å². The fourth-order valence-corrected chi connectivity index (χ4v) is 1.98. The maximum Gasteiger partial charge on any atom is 0.346 e. The maximum absolute atomic E-state index is 11.1. The Morgan fingerprint density at radius 1 is 1.40 bits per heavy atom. The minimum absolute atomic E-state index is 0.309. The van der Waals surface area contributed by atoms with Gasteiger partial charge in [0.15, 0.2) is 0 Å². The number of nitrogens with one attached hydrogen (secondary N) is 2. The minimum atomic E-state index is -0.309. The molecular formula is C14H26N4O2. The van der Waals surface area contributed by atoms with E-state index < -0.39 is 0 Å². The number of aromatic amines is 1. The molecule has 0 amide bonds. The Hall–Kier alpha value is -1.40. The summed E-state index contributed by atoms with van der Waals surface area (Å²) in [7, 11) is 0. The highest BCUT2D eigenvalue weighted by molar-refractivity contribution is 5.40. The lowest BCUT2D eigenvalue weighted by molar-refractivity contribution is 0.0378. The number of ether oxygens (including phenoxy) is 1. The van der Waals surface area contributed by atoms with E-state index in [1.807, 2.05) is 20.8 Å². The van der Waals surface area contributed by atoms with Crippen molar-refractivity contribution in [1.82, 2.24) is 14.9 Å².